The fraction of sp³-hybridized carbons (Fsp3) is 0.0811. The molecule has 5 aromatic carbocycles. The lowest BCUT2D eigenvalue weighted by molar-refractivity contribution is 0.821. The maximum absolute atomic E-state index is 2.53. The van der Waals surface area contributed by atoms with Crippen LogP contribution in [0.25, 0.3) is 38.6 Å². The van der Waals surface area contributed by atoms with E-state index in [1.54, 1.807) is 0 Å². The molecule has 2 heterocycles. The Kier molecular flexibility index (Phi) is 4.90. The van der Waals surface area contributed by atoms with Gasteiger partial charge >= 0.3 is 0 Å². The standard InChI is InChI=1S/C37H28N2/c1-25-19-21-28(22-20-25)38-33-18-9-8-15-32(33)35-34(38)24-23-31-30-17-10-16-29(26-11-4-2-5-12-26)36(30)39(37(31)35)27-13-6-3-7-14-27/h2-14,16-24,32H,15H2,1H3. The van der Waals surface area contributed by atoms with Crippen LogP contribution in [0.4, 0.5) is 11.4 Å². The summed E-state index contributed by atoms with van der Waals surface area (Å²) in [5.74, 6) is 0.307. The van der Waals surface area contributed by atoms with E-state index in [2.05, 4.69) is 150 Å². The maximum Gasteiger partial charge on any atom is 0.0619 e. The first kappa shape index (κ1) is 22.2. The molecule has 2 heteroatoms. The number of nitrogens with zero attached hydrogens (tertiary/aromatic N) is 2. The minimum absolute atomic E-state index is 0.307. The zero-order valence-electron chi connectivity index (χ0n) is 21.9. The van der Waals surface area contributed by atoms with Crippen LogP contribution in [0, 0.1) is 6.92 Å². The molecule has 2 nitrogen and oxygen atoms in total. The molecular weight excluding hydrogens is 472 g/mol. The lowest BCUT2D eigenvalue weighted by Gasteiger charge is -2.24. The number of benzene rings is 5. The minimum atomic E-state index is 0.307. The first-order valence-electron chi connectivity index (χ1n) is 13.7. The van der Waals surface area contributed by atoms with Crippen LogP contribution in [0.15, 0.2) is 139 Å². The Hall–Kier alpha value is -4.82. The third-order valence-corrected chi connectivity index (χ3v) is 8.34. The summed E-state index contributed by atoms with van der Waals surface area (Å²) in [6.45, 7) is 2.15. The molecule has 0 N–H and O–H groups in total. The van der Waals surface area contributed by atoms with Crippen molar-refractivity contribution in [2.24, 2.45) is 0 Å². The monoisotopic (exact) mass is 500 g/mol. The molecule has 1 unspecified atom stereocenters. The number of para-hydroxylation sites is 2. The van der Waals surface area contributed by atoms with E-state index in [4.69, 9.17) is 0 Å². The summed E-state index contributed by atoms with van der Waals surface area (Å²) in [5, 5.41) is 2.61. The zero-order valence-corrected chi connectivity index (χ0v) is 21.9. The highest BCUT2D eigenvalue weighted by Gasteiger charge is 2.38. The number of hydrogen-bond donors (Lipinski definition) is 0. The summed E-state index contributed by atoms with van der Waals surface area (Å²) in [6.07, 6.45) is 7.85. The normalized spacial score (nSPS) is 16.0. The topological polar surface area (TPSA) is 8.17 Å². The summed E-state index contributed by atoms with van der Waals surface area (Å²) in [7, 11) is 0. The van der Waals surface area contributed by atoms with Crippen molar-refractivity contribution in [2.75, 3.05) is 4.90 Å². The SMILES string of the molecule is Cc1ccc(N2C3=CC=CCC3c3c2ccc2c4cccc(-c5ccccc5)c4n(-c4ccccc4)c32)cc1. The van der Waals surface area contributed by atoms with Gasteiger partial charge in [-0.2, -0.15) is 0 Å². The summed E-state index contributed by atoms with van der Waals surface area (Å²) in [4.78, 5) is 2.48. The van der Waals surface area contributed by atoms with Gasteiger partial charge < -0.3 is 9.47 Å². The van der Waals surface area contributed by atoms with Crippen molar-refractivity contribution in [3.8, 4) is 16.8 Å². The highest BCUT2D eigenvalue weighted by atomic mass is 15.2. The van der Waals surface area contributed by atoms with Crippen LogP contribution in [0.1, 0.15) is 23.5 Å². The van der Waals surface area contributed by atoms with Crippen LogP contribution in [0.2, 0.25) is 0 Å². The van der Waals surface area contributed by atoms with Gasteiger partial charge in [0, 0.05) is 44.9 Å². The Morgan fingerprint density at radius 3 is 2.18 bits per heavy atom. The third-order valence-electron chi connectivity index (χ3n) is 8.34. The Morgan fingerprint density at radius 2 is 1.38 bits per heavy atom. The van der Waals surface area contributed by atoms with Crippen molar-refractivity contribution in [1.82, 2.24) is 4.57 Å². The number of aryl methyl sites for hydroxylation is 1. The van der Waals surface area contributed by atoms with Crippen molar-refractivity contribution in [1.29, 1.82) is 0 Å². The van der Waals surface area contributed by atoms with Crippen LogP contribution >= 0.6 is 0 Å². The number of hydrogen-bond acceptors (Lipinski definition) is 1. The van der Waals surface area contributed by atoms with Gasteiger partial charge in [-0.3, -0.25) is 0 Å². The van der Waals surface area contributed by atoms with E-state index in [1.165, 1.54) is 66.8 Å². The van der Waals surface area contributed by atoms with Crippen LogP contribution in [0.5, 0.6) is 0 Å². The fourth-order valence-corrected chi connectivity index (χ4v) is 6.63. The van der Waals surface area contributed by atoms with E-state index in [1.807, 2.05) is 0 Å². The number of anilines is 2. The van der Waals surface area contributed by atoms with E-state index >= 15 is 0 Å². The van der Waals surface area contributed by atoms with Crippen molar-refractivity contribution in [2.45, 2.75) is 19.3 Å². The van der Waals surface area contributed by atoms with Crippen molar-refractivity contribution >= 4 is 33.2 Å². The maximum atomic E-state index is 2.53. The van der Waals surface area contributed by atoms with Gasteiger partial charge in [-0.25, -0.2) is 0 Å². The lowest BCUT2D eigenvalue weighted by atomic mass is 9.90. The molecule has 2 aliphatic rings. The quantitative estimate of drug-likeness (QED) is 0.235. The molecule has 1 aromatic heterocycles. The highest BCUT2D eigenvalue weighted by Crippen LogP contribution is 2.54. The molecule has 8 rings (SSSR count). The second-order valence-electron chi connectivity index (χ2n) is 10.6. The Balaban J connectivity index is 1.52. The van der Waals surface area contributed by atoms with E-state index in [9.17, 15) is 0 Å². The fourth-order valence-electron chi connectivity index (χ4n) is 6.63. The molecule has 0 fully saturated rings. The Bertz CT molecular complexity index is 1920. The van der Waals surface area contributed by atoms with Gasteiger partial charge in [0.15, 0.2) is 0 Å². The molecule has 0 radical (unpaired) electrons. The van der Waals surface area contributed by atoms with Gasteiger partial charge in [-0.1, -0.05) is 103 Å². The molecule has 0 bridgehead atoms. The first-order chi connectivity index (χ1) is 19.3. The van der Waals surface area contributed by atoms with Gasteiger partial charge in [0.1, 0.15) is 0 Å². The van der Waals surface area contributed by atoms with Crippen molar-refractivity contribution in [3.05, 3.63) is 150 Å². The second kappa shape index (κ2) is 8.61. The number of allylic oxidation sites excluding steroid dienone is 4. The number of aromatic nitrogens is 1. The molecule has 0 amide bonds. The molecule has 1 aliphatic heterocycles. The van der Waals surface area contributed by atoms with E-state index in [-0.39, 0.29) is 0 Å². The number of fused-ring (bicyclic) bond motifs is 7. The van der Waals surface area contributed by atoms with Gasteiger partial charge in [-0.05, 0) is 55.3 Å². The molecule has 1 aliphatic carbocycles. The zero-order chi connectivity index (χ0) is 25.9. The van der Waals surface area contributed by atoms with Crippen LogP contribution in [-0.4, -0.2) is 4.57 Å². The number of rotatable bonds is 3. The van der Waals surface area contributed by atoms with Gasteiger partial charge in [-0.15, -0.1) is 0 Å². The van der Waals surface area contributed by atoms with E-state index in [0.717, 1.165) is 6.42 Å². The largest absolute Gasteiger partial charge is 0.313 e. The molecule has 1 atom stereocenters. The van der Waals surface area contributed by atoms with Crippen molar-refractivity contribution in [3.63, 3.8) is 0 Å². The molecule has 186 valence electrons. The van der Waals surface area contributed by atoms with Crippen LogP contribution < -0.4 is 4.90 Å². The van der Waals surface area contributed by atoms with Gasteiger partial charge in [0.2, 0.25) is 0 Å². The predicted molar refractivity (Wildman–Crippen MR) is 164 cm³/mol. The molecule has 0 saturated carbocycles. The Morgan fingerprint density at radius 1 is 0.641 bits per heavy atom. The molecule has 0 spiro atoms. The summed E-state index contributed by atoms with van der Waals surface area (Å²) in [6, 6.07) is 42.1. The predicted octanol–water partition coefficient (Wildman–Crippen LogP) is 9.84. The minimum Gasteiger partial charge on any atom is -0.313 e. The van der Waals surface area contributed by atoms with Gasteiger partial charge in [0.25, 0.3) is 0 Å². The Labute approximate surface area is 228 Å². The van der Waals surface area contributed by atoms with Crippen molar-refractivity contribution < 1.29 is 0 Å². The second-order valence-corrected chi connectivity index (χ2v) is 10.6. The first-order valence-corrected chi connectivity index (χ1v) is 13.7. The molecule has 0 saturated heterocycles. The third kappa shape index (κ3) is 3.28. The smallest absolute Gasteiger partial charge is 0.0619 e. The average molecular weight is 501 g/mol. The van der Waals surface area contributed by atoms with Crippen LogP contribution in [-0.2, 0) is 0 Å². The summed E-state index contributed by atoms with van der Waals surface area (Å²) < 4.78 is 2.53. The van der Waals surface area contributed by atoms with Crippen LogP contribution in [0.3, 0.4) is 0 Å². The van der Waals surface area contributed by atoms with Gasteiger partial charge in [0.05, 0.1) is 16.7 Å². The summed E-state index contributed by atoms with van der Waals surface area (Å²) in [5.41, 5.74) is 12.8. The molecular formula is C37H28N2. The highest BCUT2D eigenvalue weighted by molar-refractivity contribution is 6.16. The van der Waals surface area contributed by atoms with E-state index < -0.39 is 0 Å². The average Bonchev–Trinajstić information content (AvgIpc) is 3.51. The lowest BCUT2D eigenvalue weighted by Crippen LogP contribution is -2.14. The van der Waals surface area contributed by atoms with E-state index in [0.29, 0.717) is 5.92 Å². The summed E-state index contributed by atoms with van der Waals surface area (Å²) >= 11 is 0. The molecule has 39 heavy (non-hydrogen) atoms. The molecule has 6 aromatic rings.